The monoisotopic (exact) mass is 591 g/mol. The van der Waals surface area contributed by atoms with E-state index in [1.165, 1.54) is 18.6 Å². The van der Waals surface area contributed by atoms with Crippen LogP contribution in [0.5, 0.6) is 11.5 Å². The highest BCUT2D eigenvalue weighted by molar-refractivity contribution is 5.98. The molecule has 3 aromatic carbocycles. The molecule has 0 saturated heterocycles. The number of hydrogen-bond acceptors (Lipinski definition) is 6. The smallest absolute Gasteiger partial charge is 0.217 e. The molecule has 3 rings (SSSR count). The van der Waals surface area contributed by atoms with Crippen LogP contribution in [0.4, 0.5) is 11.4 Å². The fraction of sp³-hybridized carbons (Fsp3) is 0.229. The van der Waals surface area contributed by atoms with Crippen molar-refractivity contribution in [2.75, 3.05) is 5.32 Å². The Labute approximate surface area is 257 Å². The predicted octanol–water partition coefficient (Wildman–Crippen LogP) is 8.05. The average molecular weight is 592 g/mol. The molecule has 2 amide bonds. The zero-order valence-corrected chi connectivity index (χ0v) is 26.2. The van der Waals surface area contributed by atoms with Gasteiger partial charge in [0.05, 0.1) is 5.69 Å². The van der Waals surface area contributed by atoms with Crippen molar-refractivity contribution in [1.82, 2.24) is 0 Å². The first kappa shape index (κ1) is 42.4. The highest BCUT2D eigenvalue weighted by atomic mass is 16.3. The molecule has 0 atom stereocenters. The van der Waals surface area contributed by atoms with Crippen LogP contribution in [-0.2, 0) is 9.59 Å². The summed E-state index contributed by atoms with van der Waals surface area (Å²) in [6, 6.07) is 19.1. The quantitative estimate of drug-likeness (QED) is 0.0445. The van der Waals surface area contributed by atoms with Gasteiger partial charge in [-0.25, -0.2) is 0 Å². The number of nitrogens with two attached hydrogens (primary N) is 2. The average Bonchev–Trinajstić information content (AvgIpc) is 3.00. The Bertz CT molecular complexity index is 1190. The molecular weight excluding hydrogens is 542 g/mol. The Hall–Kier alpha value is -5.11. The van der Waals surface area contributed by atoms with Crippen LogP contribution in [0.3, 0.4) is 0 Å². The molecule has 0 spiro atoms. The summed E-state index contributed by atoms with van der Waals surface area (Å²) in [5.41, 5.74) is 13.0. The van der Waals surface area contributed by atoms with E-state index >= 15 is 0 Å². The van der Waals surface area contributed by atoms with E-state index < -0.39 is 5.91 Å². The number of anilines is 2. The van der Waals surface area contributed by atoms with Crippen molar-refractivity contribution in [3.63, 3.8) is 0 Å². The van der Waals surface area contributed by atoms with Crippen LogP contribution in [0.1, 0.15) is 64.2 Å². The Morgan fingerprint density at radius 1 is 0.837 bits per heavy atom. The number of ketones is 1. The second kappa shape index (κ2) is 28.4. The number of carbonyl (C=O) groups excluding carboxylic acids is 3. The molecule has 8 heteroatoms. The van der Waals surface area contributed by atoms with Gasteiger partial charge in [-0.05, 0) is 42.3 Å². The number of benzene rings is 3. The number of nitrogens with one attached hydrogen (secondary N) is 1. The van der Waals surface area contributed by atoms with Gasteiger partial charge in [0, 0.05) is 30.2 Å². The van der Waals surface area contributed by atoms with E-state index in [-0.39, 0.29) is 36.5 Å². The van der Waals surface area contributed by atoms with E-state index in [0.29, 0.717) is 11.3 Å². The number of hydrogen-bond donors (Lipinski definition) is 5. The lowest BCUT2D eigenvalue weighted by molar-refractivity contribution is -0.118. The number of carbonyl (C=O) groups is 3. The maximum atomic E-state index is 12.0. The maximum Gasteiger partial charge on any atom is 0.217 e. The molecule has 234 valence electrons. The van der Waals surface area contributed by atoms with Gasteiger partial charge in [0.1, 0.15) is 11.5 Å². The van der Waals surface area contributed by atoms with Gasteiger partial charge in [0.25, 0.3) is 0 Å². The van der Waals surface area contributed by atoms with Gasteiger partial charge < -0.3 is 27.0 Å². The molecule has 0 heterocycles. The normalized spacial score (nSPS) is 8.40. The lowest BCUT2D eigenvalue weighted by atomic mass is 10.0. The Morgan fingerprint density at radius 3 is 1.63 bits per heavy atom. The van der Waals surface area contributed by atoms with Crippen molar-refractivity contribution in [2.24, 2.45) is 11.5 Å². The summed E-state index contributed by atoms with van der Waals surface area (Å²) in [5, 5.41) is 22.3. The van der Waals surface area contributed by atoms with Crippen LogP contribution in [0, 0.1) is 0 Å². The number of phenolic OH excluding ortho intramolecular Hbond substituents is 2. The first-order chi connectivity index (χ1) is 20.6. The third-order valence-corrected chi connectivity index (χ3v) is 4.45. The second-order valence-electron chi connectivity index (χ2n) is 8.09. The molecule has 0 fully saturated rings. The number of allylic oxidation sites excluding steroid dienone is 3. The fourth-order valence-corrected chi connectivity index (χ4v) is 2.76. The minimum absolute atomic E-state index is 0.00467. The molecule has 0 aliphatic carbocycles. The summed E-state index contributed by atoms with van der Waals surface area (Å²) in [5.74, 6) is -0.645. The lowest BCUT2D eigenvalue weighted by Crippen LogP contribution is -2.12. The minimum atomic E-state index is -0.487. The molecule has 0 radical (unpaired) electrons. The van der Waals surface area contributed by atoms with Gasteiger partial charge in [0.2, 0.25) is 12.3 Å². The van der Waals surface area contributed by atoms with Crippen LogP contribution in [0.15, 0.2) is 105 Å². The number of primary amides is 2. The van der Waals surface area contributed by atoms with E-state index in [0.717, 1.165) is 16.8 Å². The molecule has 8 nitrogen and oxygen atoms in total. The third-order valence-electron chi connectivity index (χ3n) is 4.45. The summed E-state index contributed by atoms with van der Waals surface area (Å²) < 4.78 is 0. The van der Waals surface area contributed by atoms with Gasteiger partial charge in [-0.1, -0.05) is 102 Å². The molecule has 0 aromatic heterocycles. The molecule has 0 unspecified atom stereocenters. The Balaban J connectivity index is -0.000000901. The van der Waals surface area contributed by atoms with E-state index in [1.54, 1.807) is 36.4 Å². The molecule has 43 heavy (non-hydrogen) atoms. The van der Waals surface area contributed by atoms with Crippen molar-refractivity contribution < 1.29 is 24.6 Å². The molecular formula is C35H49N3O5. The van der Waals surface area contributed by atoms with E-state index in [2.05, 4.69) is 44.6 Å². The van der Waals surface area contributed by atoms with Crippen LogP contribution in [0.25, 0.3) is 11.1 Å². The predicted molar refractivity (Wildman–Crippen MR) is 182 cm³/mol. The molecule has 0 saturated carbocycles. The summed E-state index contributed by atoms with van der Waals surface area (Å²) >= 11 is 0. The zero-order valence-electron chi connectivity index (χ0n) is 26.2. The number of rotatable bonds is 8. The van der Waals surface area contributed by atoms with Crippen LogP contribution >= 0.6 is 0 Å². The molecule has 0 bridgehead atoms. The summed E-state index contributed by atoms with van der Waals surface area (Å²) in [4.78, 5) is 31.4. The summed E-state index contributed by atoms with van der Waals surface area (Å²) in [6.45, 7) is 20.2. The highest BCUT2D eigenvalue weighted by Gasteiger charge is 2.08. The summed E-state index contributed by atoms with van der Waals surface area (Å²) in [7, 11) is 0. The third kappa shape index (κ3) is 21.3. The largest absolute Gasteiger partial charge is 0.508 e. The minimum Gasteiger partial charge on any atom is -0.508 e. The molecule has 3 aromatic rings. The first-order valence-corrected chi connectivity index (χ1v) is 13.9. The zero-order chi connectivity index (χ0) is 33.6. The van der Waals surface area contributed by atoms with Gasteiger partial charge in [-0.3, -0.25) is 14.4 Å². The number of Topliss-reactive ketones (excluding diaryl/α,β-unsaturated/α-hetero) is 1. The number of aromatic hydroxyl groups is 2. The highest BCUT2D eigenvalue weighted by Crippen LogP contribution is 2.31. The van der Waals surface area contributed by atoms with Crippen LogP contribution in [0.2, 0.25) is 0 Å². The van der Waals surface area contributed by atoms with E-state index in [1.807, 2.05) is 57.2 Å². The van der Waals surface area contributed by atoms with E-state index in [9.17, 15) is 19.8 Å². The summed E-state index contributed by atoms with van der Waals surface area (Å²) in [6.07, 6.45) is 6.69. The van der Waals surface area contributed by atoms with Gasteiger partial charge in [-0.15, -0.1) is 6.58 Å². The first-order valence-electron chi connectivity index (χ1n) is 13.9. The molecule has 7 N–H and O–H groups in total. The van der Waals surface area contributed by atoms with Crippen molar-refractivity contribution >= 4 is 29.5 Å². The van der Waals surface area contributed by atoms with E-state index in [4.69, 9.17) is 10.5 Å². The topological polar surface area (TPSA) is 156 Å². The molecule has 0 aliphatic heterocycles. The van der Waals surface area contributed by atoms with Crippen molar-refractivity contribution in [2.45, 2.75) is 53.9 Å². The number of amides is 2. The van der Waals surface area contributed by atoms with Gasteiger partial charge in [-0.2, -0.15) is 0 Å². The van der Waals surface area contributed by atoms with Crippen molar-refractivity contribution in [1.29, 1.82) is 0 Å². The number of phenols is 2. The maximum absolute atomic E-state index is 12.0. The van der Waals surface area contributed by atoms with Crippen molar-refractivity contribution in [3.05, 3.63) is 110 Å². The van der Waals surface area contributed by atoms with Gasteiger partial charge in [0.15, 0.2) is 5.78 Å². The Morgan fingerprint density at radius 2 is 1.26 bits per heavy atom. The van der Waals surface area contributed by atoms with Crippen LogP contribution < -0.4 is 16.8 Å². The molecule has 0 aliphatic rings. The fourth-order valence-electron chi connectivity index (χ4n) is 2.76. The van der Waals surface area contributed by atoms with Crippen LogP contribution in [-0.4, -0.2) is 28.3 Å². The Kier molecular flexibility index (Phi) is 28.0. The SMILES string of the molecule is C=CC.C=CC=C.CC.CCC.NC(=O)CCC(=O)c1ccc(-c2ccc(Nc3ccc(O)cc3O)cc2)cc1.NC=O. The second-order valence-corrected chi connectivity index (χ2v) is 8.09. The van der Waals surface area contributed by atoms with Gasteiger partial charge >= 0.3 is 0 Å². The van der Waals surface area contributed by atoms with Crippen molar-refractivity contribution in [3.8, 4) is 22.6 Å². The standard InChI is InChI=1S/C22H20N2O4.C4H6.C3H8.C3H6.C2H6.CH3NO/c23-22(28)12-11-20(26)16-3-1-14(2-4-16)15-5-7-17(8-6-15)24-19-10-9-18(25)13-21(19)27;1-3-4-2;2*1-3-2;1-2;2-1-3/h1-10,13,24-25,27H,11-12H2,(H2,23,28);3-4H,1-2H2;3H2,1-2H3;3H,1H2,2H3;1-2H3;1H,(H2,2,3). The lowest BCUT2D eigenvalue weighted by Gasteiger charge is -2.10.